The summed E-state index contributed by atoms with van der Waals surface area (Å²) >= 11 is 2.91. The Balaban J connectivity index is 1.31. The molecule has 2 amide bonds. The second-order valence-electron chi connectivity index (χ2n) is 10.8. The second-order valence-corrected chi connectivity index (χ2v) is 15.5. The Morgan fingerprint density at radius 3 is 2.49 bits per heavy atom. The molecule has 228 valence electrons. The number of carboxylic acid groups (broad SMARTS) is 1. The topological polar surface area (TPSA) is 126 Å². The zero-order valence-corrected chi connectivity index (χ0v) is 26.5. The van der Waals surface area contributed by atoms with Crippen molar-refractivity contribution in [3.8, 4) is 0 Å². The molecule has 2 aromatic heterocycles. The van der Waals surface area contributed by atoms with Crippen LogP contribution in [0.4, 0.5) is 10.5 Å². The summed E-state index contributed by atoms with van der Waals surface area (Å²) in [7, 11) is -2.23. The normalized spacial score (nSPS) is 15.7. The first kappa shape index (κ1) is 30.9. The monoisotopic (exact) mass is 641 g/mol. The maximum Gasteiger partial charge on any atom is 0.407 e. The number of hydrogen-bond acceptors (Lipinski definition) is 7. The van der Waals surface area contributed by atoms with Crippen molar-refractivity contribution in [3.63, 3.8) is 0 Å². The lowest BCUT2D eigenvalue weighted by molar-refractivity contribution is 0.0921. The van der Waals surface area contributed by atoms with Crippen LogP contribution in [-0.2, 0) is 15.8 Å². The number of piperazine rings is 1. The Hall–Kier alpha value is -3.52. The zero-order chi connectivity index (χ0) is 30.6. The van der Waals surface area contributed by atoms with Crippen LogP contribution < -0.4 is 9.62 Å². The molecule has 0 spiro atoms. The molecule has 3 heterocycles. The average Bonchev–Trinajstić information content (AvgIpc) is 3.71. The highest BCUT2D eigenvalue weighted by Gasteiger charge is 2.32. The fourth-order valence-corrected chi connectivity index (χ4v) is 8.64. The van der Waals surface area contributed by atoms with E-state index in [1.807, 2.05) is 24.3 Å². The average molecular weight is 642 g/mol. The van der Waals surface area contributed by atoms with E-state index >= 15 is 0 Å². The van der Waals surface area contributed by atoms with E-state index in [0.29, 0.717) is 56.2 Å². The number of benzene rings is 2. The lowest BCUT2D eigenvalue weighted by atomic mass is 10.1. The Labute approximate surface area is 259 Å². The van der Waals surface area contributed by atoms with Crippen molar-refractivity contribution in [2.45, 2.75) is 21.6 Å². The second kappa shape index (κ2) is 13.0. The molecular formula is C30H35N5O5S3. The lowest BCUT2D eigenvalue weighted by Crippen LogP contribution is -2.53. The van der Waals surface area contributed by atoms with Crippen LogP contribution in [0, 0.1) is 0 Å². The number of carbonyl (C=O) groups excluding carboxylic acids is 1. The molecule has 0 radical (unpaired) electrons. The fourth-order valence-electron chi connectivity index (χ4n) is 5.12. The van der Waals surface area contributed by atoms with Crippen molar-refractivity contribution in [3.05, 3.63) is 83.4 Å². The molecule has 5 rings (SSSR count). The van der Waals surface area contributed by atoms with Gasteiger partial charge in [0.2, 0.25) is 0 Å². The van der Waals surface area contributed by atoms with E-state index in [9.17, 15) is 23.1 Å². The Bertz CT molecular complexity index is 1670. The van der Waals surface area contributed by atoms with Crippen LogP contribution in [-0.4, -0.2) is 91.4 Å². The molecular weight excluding hydrogens is 607 g/mol. The van der Waals surface area contributed by atoms with Crippen LogP contribution in [0.1, 0.15) is 23.0 Å². The van der Waals surface area contributed by atoms with Gasteiger partial charge < -0.3 is 20.3 Å². The summed E-state index contributed by atoms with van der Waals surface area (Å²) in [5.41, 5.74) is 2.54. The number of thiophene rings is 1. The molecule has 3 N–H and O–H groups in total. The van der Waals surface area contributed by atoms with E-state index in [4.69, 9.17) is 0 Å². The molecule has 1 aliphatic heterocycles. The Kier molecular flexibility index (Phi) is 9.35. The maximum absolute atomic E-state index is 13.4. The zero-order valence-electron chi connectivity index (χ0n) is 24.0. The summed E-state index contributed by atoms with van der Waals surface area (Å²) < 4.78 is 27.5. The molecule has 0 bridgehead atoms. The van der Waals surface area contributed by atoms with E-state index in [1.54, 1.807) is 47.5 Å². The van der Waals surface area contributed by atoms with Crippen molar-refractivity contribution in [2.24, 2.45) is 0 Å². The van der Waals surface area contributed by atoms with Crippen LogP contribution in [0.2, 0.25) is 0 Å². The Morgan fingerprint density at radius 1 is 1.07 bits per heavy atom. The highest BCUT2D eigenvalue weighted by atomic mass is 32.2. The van der Waals surface area contributed by atoms with Gasteiger partial charge >= 0.3 is 6.09 Å². The number of thioether (sulfide) groups is 1. The first-order valence-corrected chi connectivity index (χ1v) is 17.2. The number of hydrogen-bond donors (Lipinski definition) is 3. The van der Waals surface area contributed by atoms with Gasteiger partial charge in [0, 0.05) is 62.2 Å². The van der Waals surface area contributed by atoms with Crippen LogP contribution in [0.3, 0.4) is 0 Å². The van der Waals surface area contributed by atoms with Crippen molar-refractivity contribution in [1.29, 1.82) is 0 Å². The Morgan fingerprint density at radius 2 is 1.81 bits per heavy atom. The number of para-hydroxylation sites is 1. The molecule has 1 fully saturated rings. The number of sulfonamides is 1. The van der Waals surface area contributed by atoms with Gasteiger partial charge in [-0.3, -0.25) is 14.0 Å². The standard InChI is InChI=1S/C30H35N5O5S3/c1-30(42-19-22-8-4-3-5-9-22,21-34-13-15-35(16-14-34)29(37)38)20-31-28(36)24-18-23-10-6-11-25(27(23)32-24)33(2)43(39,40)26-12-7-17-41-26/h3-12,17-18,32H,13-16,19-21H2,1-2H3,(H,31,36)(H,37,38). The summed E-state index contributed by atoms with van der Waals surface area (Å²) in [6.45, 7) is 5.36. The first-order valence-electron chi connectivity index (χ1n) is 13.9. The molecule has 13 heteroatoms. The quantitative estimate of drug-likeness (QED) is 0.215. The van der Waals surface area contributed by atoms with Crippen LogP contribution >= 0.6 is 23.1 Å². The summed E-state index contributed by atoms with van der Waals surface area (Å²) in [6.07, 6.45) is -0.898. The molecule has 2 aromatic carbocycles. The predicted molar refractivity (Wildman–Crippen MR) is 173 cm³/mol. The number of rotatable bonds is 11. The highest BCUT2D eigenvalue weighted by Crippen LogP contribution is 2.32. The van der Waals surface area contributed by atoms with Gasteiger partial charge in [-0.25, -0.2) is 13.2 Å². The molecule has 1 atom stereocenters. The summed E-state index contributed by atoms with van der Waals surface area (Å²) in [6, 6.07) is 20.5. The molecule has 0 saturated carbocycles. The molecule has 43 heavy (non-hydrogen) atoms. The van der Waals surface area contributed by atoms with Gasteiger partial charge in [-0.05, 0) is 36.1 Å². The third-order valence-electron chi connectivity index (χ3n) is 7.58. The maximum atomic E-state index is 13.4. The smallest absolute Gasteiger partial charge is 0.407 e. The number of aromatic amines is 1. The van der Waals surface area contributed by atoms with Gasteiger partial charge in [-0.1, -0.05) is 48.5 Å². The highest BCUT2D eigenvalue weighted by molar-refractivity contribution is 8.00. The predicted octanol–water partition coefficient (Wildman–Crippen LogP) is 4.77. The van der Waals surface area contributed by atoms with E-state index in [1.165, 1.54) is 21.8 Å². The molecule has 4 aromatic rings. The lowest BCUT2D eigenvalue weighted by Gasteiger charge is -2.39. The van der Waals surface area contributed by atoms with E-state index in [-0.39, 0.29) is 14.9 Å². The number of nitrogens with zero attached hydrogens (tertiary/aromatic N) is 3. The van der Waals surface area contributed by atoms with Gasteiger partial charge in [0.1, 0.15) is 9.90 Å². The van der Waals surface area contributed by atoms with Crippen LogP contribution in [0.5, 0.6) is 0 Å². The minimum absolute atomic E-state index is 0.244. The third kappa shape index (κ3) is 7.18. The number of carbonyl (C=O) groups is 2. The SMILES string of the molecule is CN(c1cccc2cc(C(=O)NCC(C)(CN3CCN(C(=O)O)CC3)SCc3ccccc3)[nH]c12)S(=O)(=O)c1cccs1. The van der Waals surface area contributed by atoms with Crippen molar-refractivity contribution in [1.82, 2.24) is 20.1 Å². The summed E-state index contributed by atoms with van der Waals surface area (Å²) in [5, 5.41) is 14.9. The molecule has 1 saturated heterocycles. The van der Waals surface area contributed by atoms with Crippen molar-refractivity contribution >= 4 is 61.7 Å². The van der Waals surface area contributed by atoms with Crippen LogP contribution in [0.25, 0.3) is 10.9 Å². The minimum atomic E-state index is -3.74. The minimum Gasteiger partial charge on any atom is -0.465 e. The molecule has 0 aliphatic carbocycles. The van der Waals surface area contributed by atoms with Crippen LogP contribution in [0.15, 0.2) is 76.3 Å². The molecule has 1 aliphatic rings. The van der Waals surface area contributed by atoms with Crippen molar-refractivity contribution in [2.75, 3.05) is 50.6 Å². The molecule has 10 nitrogen and oxygen atoms in total. The van der Waals surface area contributed by atoms with Gasteiger partial charge in [-0.2, -0.15) is 0 Å². The summed E-state index contributed by atoms with van der Waals surface area (Å²) in [4.78, 5) is 31.7. The number of anilines is 1. The van der Waals surface area contributed by atoms with E-state index in [0.717, 1.165) is 22.5 Å². The van der Waals surface area contributed by atoms with Gasteiger partial charge in [-0.15, -0.1) is 23.1 Å². The summed E-state index contributed by atoms with van der Waals surface area (Å²) in [5.74, 6) is 0.483. The van der Waals surface area contributed by atoms with Crippen molar-refractivity contribution < 1.29 is 23.1 Å². The number of fused-ring (bicyclic) bond motifs is 1. The molecule has 1 unspecified atom stereocenters. The van der Waals surface area contributed by atoms with Gasteiger partial charge in [0.05, 0.1) is 11.2 Å². The third-order valence-corrected chi connectivity index (χ3v) is 12.2. The number of amides is 2. The van der Waals surface area contributed by atoms with E-state index in [2.05, 4.69) is 34.3 Å². The first-order chi connectivity index (χ1) is 20.6. The van der Waals surface area contributed by atoms with Gasteiger partial charge in [0.15, 0.2) is 0 Å². The fraction of sp³-hybridized carbons (Fsp3) is 0.333. The number of H-pyrrole nitrogens is 1. The van der Waals surface area contributed by atoms with Gasteiger partial charge in [0.25, 0.3) is 15.9 Å². The largest absolute Gasteiger partial charge is 0.465 e. The number of aromatic nitrogens is 1. The number of nitrogens with one attached hydrogen (secondary N) is 2. The van der Waals surface area contributed by atoms with E-state index < -0.39 is 16.1 Å².